The number of hydrogen-bond donors (Lipinski definition) is 2. The number of rotatable bonds is 4. The summed E-state index contributed by atoms with van der Waals surface area (Å²) in [5.41, 5.74) is -0.0000463. The van der Waals surface area contributed by atoms with Crippen molar-refractivity contribution >= 4 is 15.9 Å². The number of aliphatic hydroxyl groups excluding tert-OH is 1. The van der Waals surface area contributed by atoms with Crippen molar-refractivity contribution in [2.24, 2.45) is 0 Å². The van der Waals surface area contributed by atoms with Crippen LogP contribution in [0.5, 0.6) is 0 Å². The Labute approximate surface area is 104 Å². The highest BCUT2D eigenvalue weighted by Gasteiger charge is 2.28. The van der Waals surface area contributed by atoms with Gasteiger partial charge in [-0.05, 0) is 12.1 Å². The molecule has 0 radical (unpaired) electrons. The van der Waals surface area contributed by atoms with Crippen molar-refractivity contribution in [1.82, 2.24) is 5.32 Å². The molecule has 0 aromatic heterocycles. The number of halogens is 5. The lowest BCUT2D eigenvalue weighted by molar-refractivity contribution is -0.126. The lowest BCUT2D eigenvalue weighted by atomic mass is 10.1. The van der Waals surface area contributed by atoms with Gasteiger partial charge in [0.05, 0.1) is 19.2 Å². The molecule has 0 saturated heterocycles. The van der Waals surface area contributed by atoms with Gasteiger partial charge in [-0.3, -0.25) is 5.32 Å². The monoisotopic (exact) mass is 315 g/mol. The summed E-state index contributed by atoms with van der Waals surface area (Å²) in [5.74, 6) is -0.673. The van der Waals surface area contributed by atoms with Crippen LogP contribution in [-0.2, 0) is 0 Å². The van der Waals surface area contributed by atoms with Crippen LogP contribution < -0.4 is 5.32 Å². The molecular weight excluding hydrogens is 306 g/mol. The predicted octanol–water partition coefficient (Wildman–Crippen LogP) is 2.77. The van der Waals surface area contributed by atoms with Crippen molar-refractivity contribution in [2.45, 2.75) is 12.2 Å². The third-order valence-corrected chi connectivity index (χ3v) is 2.56. The van der Waals surface area contributed by atoms with Gasteiger partial charge in [0, 0.05) is 10.0 Å². The molecule has 0 fully saturated rings. The Balaban J connectivity index is 2.79. The summed E-state index contributed by atoms with van der Waals surface area (Å²) < 4.78 is 49.9. The van der Waals surface area contributed by atoms with Gasteiger partial charge in [0.25, 0.3) is 0 Å². The van der Waals surface area contributed by atoms with E-state index in [4.69, 9.17) is 5.11 Å². The van der Waals surface area contributed by atoms with Gasteiger partial charge in [-0.25, -0.2) is 4.39 Å². The van der Waals surface area contributed by atoms with Crippen molar-refractivity contribution in [3.63, 3.8) is 0 Å². The SMILES string of the molecule is OCC(NCC(F)(F)F)c1ccc(Br)cc1F. The minimum atomic E-state index is -4.40. The Morgan fingerprint density at radius 3 is 2.47 bits per heavy atom. The Kier molecular flexibility index (Phi) is 4.91. The lowest BCUT2D eigenvalue weighted by Gasteiger charge is -2.18. The molecule has 2 N–H and O–H groups in total. The van der Waals surface area contributed by atoms with Gasteiger partial charge in [0.2, 0.25) is 0 Å². The topological polar surface area (TPSA) is 32.3 Å². The fourth-order valence-corrected chi connectivity index (χ4v) is 1.63. The van der Waals surface area contributed by atoms with Crippen molar-refractivity contribution in [2.75, 3.05) is 13.2 Å². The fraction of sp³-hybridized carbons (Fsp3) is 0.400. The molecule has 0 saturated carbocycles. The molecule has 1 aromatic carbocycles. The smallest absolute Gasteiger partial charge is 0.394 e. The first-order valence-electron chi connectivity index (χ1n) is 4.69. The standard InChI is InChI=1S/C10H10BrF4NO/c11-6-1-2-7(8(12)3-6)9(4-17)16-5-10(13,14)15/h1-3,9,16-17H,4-5H2. The van der Waals surface area contributed by atoms with Crippen LogP contribution >= 0.6 is 15.9 Å². The van der Waals surface area contributed by atoms with E-state index in [0.29, 0.717) is 4.47 Å². The van der Waals surface area contributed by atoms with Crippen LogP contribution in [0.3, 0.4) is 0 Å². The number of nitrogens with one attached hydrogen (secondary N) is 1. The summed E-state index contributed by atoms with van der Waals surface area (Å²) in [7, 11) is 0. The summed E-state index contributed by atoms with van der Waals surface area (Å²) in [5, 5.41) is 11.0. The molecule has 0 amide bonds. The van der Waals surface area contributed by atoms with Crippen molar-refractivity contribution in [3.8, 4) is 0 Å². The molecule has 17 heavy (non-hydrogen) atoms. The summed E-state index contributed by atoms with van der Waals surface area (Å²) in [6.45, 7) is -1.90. The Morgan fingerprint density at radius 2 is 2.00 bits per heavy atom. The molecule has 2 nitrogen and oxygen atoms in total. The van der Waals surface area contributed by atoms with Crippen LogP contribution in [0.15, 0.2) is 22.7 Å². The molecule has 1 atom stereocenters. The highest BCUT2D eigenvalue weighted by molar-refractivity contribution is 9.10. The van der Waals surface area contributed by atoms with E-state index in [-0.39, 0.29) is 5.56 Å². The first-order valence-corrected chi connectivity index (χ1v) is 5.48. The van der Waals surface area contributed by atoms with E-state index in [1.807, 2.05) is 0 Å². The average Bonchev–Trinajstić information content (AvgIpc) is 2.19. The van der Waals surface area contributed by atoms with Crippen LogP contribution in [0, 0.1) is 5.82 Å². The number of aliphatic hydroxyl groups is 1. The van der Waals surface area contributed by atoms with E-state index in [0.717, 1.165) is 6.07 Å². The van der Waals surface area contributed by atoms with E-state index < -0.39 is 31.2 Å². The summed E-state index contributed by atoms with van der Waals surface area (Å²) in [6.07, 6.45) is -4.40. The zero-order valence-corrected chi connectivity index (χ0v) is 10.1. The van der Waals surface area contributed by atoms with Gasteiger partial charge in [0.15, 0.2) is 0 Å². The van der Waals surface area contributed by atoms with Crippen molar-refractivity contribution < 1.29 is 22.7 Å². The Morgan fingerprint density at radius 1 is 1.35 bits per heavy atom. The Hall–Kier alpha value is -0.660. The highest BCUT2D eigenvalue weighted by atomic mass is 79.9. The number of benzene rings is 1. The van der Waals surface area contributed by atoms with Crippen LogP contribution in [0.2, 0.25) is 0 Å². The van der Waals surface area contributed by atoms with Gasteiger partial charge >= 0.3 is 6.18 Å². The fourth-order valence-electron chi connectivity index (χ4n) is 1.30. The summed E-state index contributed by atoms with van der Waals surface area (Å²) in [4.78, 5) is 0. The van der Waals surface area contributed by atoms with Crippen LogP contribution in [0.1, 0.15) is 11.6 Å². The van der Waals surface area contributed by atoms with Crippen LogP contribution in [0.25, 0.3) is 0 Å². The van der Waals surface area contributed by atoms with E-state index in [9.17, 15) is 17.6 Å². The molecule has 0 bridgehead atoms. The molecule has 96 valence electrons. The van der Waals surface area contributed by atoms with Gasteiger partial charge in [-0.15, -0.1) is 0 Å². The third kappa shape index (κ3) is 4.61. The quantitative estimate of drug-likeness (QED) is 0.837. The molecular formula is C10H10BrF4NO. The van der Waals surface area contributed by atoms with Crippen molar-refractivity contribution in [3.05, 3.63) is 34.1 Å². The average molecular weight is 316 g/mol. The second kappa shape index (κ2) is 5.79. The van der Waals surface area contributed by atoms with Gasteiger partial charge in [0.1, 0.15) is 5.82 Å². The zero-order valence-electron chi connectivity index (χ0n) is 8.56. The zero-order chi connectivity index (χ0) is 13.1. The highest BCUT2D eigenvalue weighted by Crippen LogP contribution is 2.22. The van der Waals surface area contributed by atoms with E-state index >= 15 is 0 Å². The normalized spacial score (nSPS) is 13.8. The molecule has 1 aromatic rings. The van der Waals surface area contributed by atoms with Gasteiger partial charge < -0.3 is 5.11 Å². The van der Waals surface area contributed by atoms with E-state index in [2.05, 4.69) is 21.2 Å². The predicted molar refractivity (Wildman–Crippen MR) is 58.0 cm³/mol. The van der Waals surface area contributed by atoms with Crippen LogP contribution in [-0.4, -0.2) is 24.4 Å². The lowest BCUT2D eigenvalue weighted by Crippen LogP contribution is -2.34. The van der Waals surface area contributed by atoms with E-state index in [1.165, 1.54) is 12.1 Å². The summed E-state index contributed by atoms with van der Waals surface area (Å²) in [6, 6.07) is 2.87. The number of alkyl halides is 3. The number of hydrogen-bond acceptors (Lipinski definition) is 2. The molecule has 0 aliphatic heterocycles. The van der Waals surface area contributed by atoms with Crippen LogP contribution in [0.4, 0.5) is 17.6 Å². The Bertz CT molecular complexity index is 383. The molecule has 0 heterocycles. The molecule has 0 aliphatic carbocycles. The largest absolute Gasteiger partial charge is 0.401 e. The maximum atomic E-state index is 13.4. The second-order valence-corrected chi connectivity index (χ2v) is 4.31. The molecule has 1 rings (SSSR count). The first kappa shape index (κ1) is 14.4. The van der Waals surface area contributed by atoms with Gasteiger partial charge in [-0.1, -0.05) is 22.0 Å². The molecule has 0 aliphatic rings. The molecule has 1 unspecified atom stereocenters. The first-order chi connectivity index (χ1) is 7.83. The minimum Gasteiger partial charge on any atom is -0.394 e. The maximum Gasteiger partial charge on any atom is 0.401 e. The summed E-state index contributed by atoms with van der Waals surface area (Å²) >= 11 is 3.04. The second-order valence-electron chi connectivity index (χ2n) is 3.40. The molecule has 7 heteroatoms. The van der Waals surface area contributed by atoms with Crippen molar-refractivity contribution in [1.29, 1.82) is 0 Å². The van der Waals surface area contributed by atoms with E-state index in [1.54, 1.807) is 0 Å². The van der Waals surface area contributed by atoms with Gasteiger partial charge in [-0.2, -0.15) is 13.2 Å². The minimum absolute atomic E-state index is 0.0000463. The molecule has 0 spiro atoms. The third-order valence-electron chi connectivity index (χ3n) is 2.07. The maximum absolute atomic E-state index is 13.4.